The number of amidine groups is 1. The number of aliphatic hydroxyl groups excluding tert-OH is 1. The van der Waals surface area contributed by atoms with Crippen LogP contribution in [0.1, 0.15) is 41.5 Å². The number of amides is 1. The fourth-order valence-electron chi connectivity index (χ4n) is 4.07. The Labute approximate surface area is 237 Å². The van der Waals surface area contributed by atoms with Crippen LogP contribution in [0.3, 0.4) is 0 Å². The predicted molar refractivity (Wildman–Crippen MR) is 149 cm³/mol. The highest BCUT2D eigenvalue weighted by atomic mass is 32.2. The van der Waals surface area contributed by atoms with Crippen LogP contribution in [-0.2, 0) is 18.9 Å². The van der Waals surface area contributed by atoms with Gasteiger partial charge in [-0.05, 0) is 45.0 Å². The van der Waals surface area contributed by atoms with Crippen molar-refractivity contribution < 1.29 is 38.4 Å². The second kappa shape index (κ2) is 12.7. The van der Waals surface area contributed by atoms with E-state index in [2.05, 4.69) is 11.6 Å². The molecule has 1 fully saturated rings. The van der Waals surface area contributed by atoms with Crippen LogP contribution in [0.25, 0.3) is 0 Å². The first-order valence-electron chi connectivity index (χ1n) is 12.7. The van der Waals surface area contributed by atoms with Crippen molar-refractivity contribution in [2.24, 2.45) is 4.99 Å². The number of ether oxygens (including phenoxy) is 4. The van der Waals surface area contributed by atoms with Gasteiger partial charge in [0.1, 0.15) is 35.9 Å². The van der Waals surface area contributed by atoms with Crippen LogP contribution in [0.2, 0.25) is 0 Å². The van der Waals surface area contributed by atoms with E-state index in [0.29, 0.717) is 5.56 Å². The Balaban J connectivity index is 1.56. The third-order valence-electron chi connectivity index (χ3n) is 5.92. The summed E-state index contributed by atoms with van der Waals surface area (Å²) in [5.41, 5.74) is -0.864. The van der Waals surface area contributed by atoms with Crippen molar-refractivity contribution in [1.29, 1.82) is 0 Å². The van der Waals surface area contributed by atoms with Crippen LogP contribution >= 0.6 is 11.8 Å². The highest BCUT2D eigenvalue weighted by Crippen LogP contribution is 2.39. The quantitative estimate of drug-likeness (QED) is 0.299. The molecule has 1 amide bonds. The van der Waals surface area contributed by atoms with Gasteiger partial charge in [-0.25, -0.2) is 14.4 Å². The van der Waals surface area contributed by atoms with Gasteiger partial charge in [0.15, 0.2) is 11.3 Å². The van der Waals surface area contributed by atoms with Crippen molar-refractivity contribution in [3.05, 3.63) is 84.4 Å². The summed E-state index contributed by atoms with van der Waals surface area (Å²) in [4.78, 5) is 44.3. The van der Waals surface area contributed by atoms with Crippen LogP contribution in [-0.4, -0.2) is 81.7 Å². The minimum absolute atomic E-state index is 0.112. The molecule has 2 aromatic carbocycles. The highest BCUT2D eigenvalue weighted by Gasteiger charge is 2.52. The Morgan fingerprint density at radius 1 is 1.05 bits per heavy atom. The van der Waals surface area contributed by atoms with E-state index in [1.54, 1.807) is 81.4 Å². The number of carbonyl (C=O) groups excluding carboxylic acids is 3. The van der Waals surface area contributed by atoms with Gasteiger partial charge in [0, 0.05) is 6.54 Å². The van der Waals surface area contributed by atoms with Crippen molar-refractivity contribution in [3.63, 3.8) is 0 Å². The second-order valence-corrected chi connectivity index (χ2v) is 11.2. The SMILES string of the molecule is C=CCN(C(=O)OC(C)(C)C)C1=N[C@@H]2[C@@H](O)[C@H](OC(=O)c3ccccc3)[C@@H](COC(=O)c3ccccc3)O[C@@H]2S1. The van der Waals surface area contributed by atoms with Gasteiger partial charge in [-0.2, -0.15) is 0 Å². The number of aliphatic imine (C=N–C) groups is 1. The smallest absolute Gasteiger partial charge is 0.416 e. The van der Waals surface area contributed by atoms with Gasteiger partial charge < -0.3 is 24.1 Å². The monoisotopic (exact) mass is 568 g/mol. The molecule has 0 spiro atoms. The molecule has 0 aromatic heterocycles. The molecule has 0 radical (unpaired) electrons. The first-order valence-corrected chi connectivity index (χ1v) is 13.6. The predicted octanol–water partition coefficient (Wildman–Crippen LogP) is 4.05. The lowest BCUT2D eigenvalue weighted by molar-refractivity contribution is -0.167. The zero-order chi connectivity index (χ0) is 28.9. The van der Waals surface area contributed by atoms with E-state index in [1.807, 2.05) is 0 Å². The second-order valence-electron chi connectivity index (χ2n) is 10.1. The summed E-state index contributed by atoms with van der Waals surface area (Å²) >= 11 is 1.12. The number of aliphatic hydroxyl groups is 1. The molecular weight excluding hydrogens is 536 g/mol. The average molecular weight is 569 g/mol. The standard InChI is InChI=1S/C29H32N2O8S/c1-5-16-31(28(35)39-29(2,3)4)27-30-21-22(32)23(38-25(34)19-14-10-7-11-15-19)20(37-26(21)40-27)17-36-24(33)18-12-8-6-9-13-18/h5-15,20-23,26,32H,1,16-17H2,2-4H3/t20-,21-,22-,23-,26-/m1/s1. The molecule has 2 aliphatic rings. The van der Waals surface area contributed by atoms with Crippen LogP contribution in [0, 0.1) is 0 Å². The molecule has 212 valence electrons. The van der Waals surface area contributed by atoms with Crippen LogP contribution < -0.4 is 0 Å². The zero-order valence-corrected chi connectivity index (χ0v) is 23.3. The van der Waals surface area contributed by atoms with Crippen molar-refractivity contribution in [3.8, 4) is 0 Å². The minimum Gasteiger partial charge on any atom is -0.459 e. The molecule has 0 aliphatic carbocycles. The highest BCUT2D eigenvalue weighted by molar-refractivity contribution is 8.14. The van der Waals surface area contributed by atoms with E-state index in [-0.39, 0.29) is 23.9 Å². The third kappa shape index (κ3) is 7.09. The topological polar surface area (TPSA) is 124 Å². The molecule has 2 heterocycles. The van der Waals surface area contributed by atoms with E-state index < -0.39 is 53.4 Å². The summed E-state index contributed by atoms with van der Waals surface area (Å²) in [6.45, 7) is 8.78. The molecular formula is C29H32N2O8S. The molecule has 5 atom stereocenters. The number of nitrogens with zero attached hydrogens (tertiary/aromatic N) is 2. The Morgan fingerprint density at radius 2 is 1.65 bits per heavy atom. The molecule has 0 unspecified atom stereocenters. The molecule has 2 aromatic rings. The maximum absolute atomic E-state index is 12.9. The number of hydrogen-bond donors (Lipinski definition) is 1. The summed E-state index contributed by atoms with van der Waals surface area (Å²) in [6, 6.07) is 15.9. The van der Waals surface area contributed by atoms with Crippen molar-refractivity contribution in [1.82, 2.24) is 4.90 Å². The van der Waals surface area contributed by atoms with Gasteiger partial charge in [0.2, 0.25) is 0 Å². The summed E-state index contributed by atoms with van der Waals surface area (Å²) in [5, 5.41) is 11.6. The lowest BCUT2D eigenvalue weighted by Crippen LogP contribution is -2.57. The minimum atomic E-state index is -1.32. The molecule has 0 bridgehead atoms. The van der Waals surface area contributed by atoms with Crippen molar-refractivity contribution in [2.75, 3.05) is 13.2 Å². The molecule has 40 heavy (non-hydrogen) atoms. The van der Waals surface area contributed by atoms with Crippen molar-refractivity contribution in [2.45, 2.75) is 56.2 Å². The maximum atomic E-state index is 12.9. The Kier molecular flexibility index (Phi) is 9.28. The molecule has 0 saturated carbocycles. The fourth-order valence-corrected chi connectivity index (χ4v) is 5.30. The molecule has 4 rings (SSSR count). The lowest BCUT2D eigenvalue weighted by atomic mass is 9.98. The van der Waals surface area contributed by atoms with Crippen LogP contribution in [0.15, 0.2) is 78.3 Å². The van der Waals surface area contributed by atoms with E-state index in [9.17, 15) is 19.5 Å². The largest absolute Gasteiger partial charge is 0.459 e. The number of fused-ring (bicyclic) bond motifs is 1. The van der Waals surface area contributed by atoms with E-state index >= 15 is 0 Å². The molecule has 11 heteroatoms. The Hall–Kier alpha value is -3.67. The third-order valence-corrected chi connectivity index (χ3v) is 7.08. The van der Waals surface area contributed by atoms with Crippen molar-refractivity contribution >= 4 is 35.0 Å². The summed E-state index contributed by atoms with van der Waals surface area (Å²) in [5.74, 6) is -1.27. The lowest BCUT2D eigenvalue weighted by Gasteiger charge is -2.39. The van der Waals surface area contributed by atoms with Gasteiger partial charge >= 0.3 is 18.0 Å². The summed E-state index contributed by atoms with van der Waals surface area (Å²) in [7, 11) is 0. The summed E-state index contributed by atoms with van der Waals surface area (Å²) in [6.07, 6.45) is -2.64. The van der Waals surface area contributed by atoms with E-state index in [0.717, 1.165) is 11.8 Å². The van der Waals surface area contributed by atoms with Gasteiger partial charge in [-0.1, -0.05) is 54.2 Å². The van der Waals surface area contributed by atoms with Crippen LogP contribution in [0.5, 0.6) is 0 Å². The van der Waals surface area contributed by atoms with Crippen LogP contribution in [0.4, 0.5) is 4.79 Å². The van der Waals surface area contributed by atoms with Gasteiger partial charge in [-0.3, -0.25) is 9.89 Å². The molecule has 10 nitrogen and oxygen atoms in total. The fraction of sp³-hybridized carbons (Fsp3) is 0.379. The first-order chi connectivity index (χ1) is 19.1. The van der Waals surface area contributed by atoms with E-state index in [1.165, 1.54) is 11.0 Å². The number of thioether (sulfide) groups is 1. The molecule has 1 saturated heterocycles. The number of hydrogen-bond acceptors (Lipinski definition) is 10. The molecule has 1 N–H and O–H groups in total. The van der Waals surface area contributed by atoms with E-state index in [4.69, 9.17) is 18.9 Å². The number of benzene rings is 2. The number of carbonyl (C=O) groups is 3. The average Bonchev–Trinajstić information content (AvgIpc) is 3.36. The van der Waals surface area contributed by atoms with Gasteiger partial charge in [0.05, 0.1) is 11.1 Å². The Bertz CT molecular complexity index is 1250. The normalized spacial score (nSPS) is 23.8. The number of esters is 2. The summed E-state index contributed by atoms with van der Waals surface area (Å²) < 4.78 is 22.9. The van der Waals surface area contributed by atoms with Gasteiger partial charge in [0.25, 0.3) is 0 Å². The zero-order valence-electron chi connectivity index (χ0n) is 22.5. The van der Waals surface area contributed by atoms with Gasteiger partial charge in [-0.15, -0.1) is 6.58 Å². The first kappa shape index (κ1) is 29.3. The maximum Gasteiger partial charge on any atom is 0.416 e. The Morgan fingerprint density at radius 3 is 2.23 bits per heavy atom. The molecule has 2 aliphatic heterocycles. The number of rotatable bonds is 7.